The SMILES string of the molecule is CC(Cc1sc2c(N(Cc3cccs3)C(=O)O)snc2c1-c1ccccn1)NC(=O)OC(C)(C)C. The maximum absolute atomic E-state index is 12.3. The number of hydrogen-bond donors (Lipinski definition) is 2. The summed E-state index contributed by atoms with van der Waals surface area (Å²) in [5.74, 6) is 0. The Balaban J connectivity index is 1.71. The van der Waals surface area contributed by atoms with Gasteiger partial charge in [-0.2, -0.15) is 4.37 Å². The van der Waals surface area contributed by atoms with Crippen LogP contribution in [0.2, 0.25) is 0 Å². The van der Waals surface area contributed by atoms with Crippen molar-refractivity contribution >= 4 is 61.6 Å². The van der Waals surface area contributed by atoms with Gasteiger partial charge in [0.15, 0.2) is 0 Å². The number of nitrogens with one attached hydrogen (secondary N) is 1. The third-order valence-electron chi connectivity index (χ3n) is 4.92. The van der Waals surface area contributed by atoms with Crippen molar-refractivity contribution in [3.05, 3.63) is 51.7 Å². The lowest BCUT2D eigenvalue weighted by molar-refractivity contribution is 0.0508. The van der Waals surface area contributed by atoms with Crippen molar-refractivity contribution < 1.29 is 19.4 Å². The average Bonchev–Trinajstić information content (AvgIpc) is 3.48. The van der Waals surface area contributed by atoms with Gasteiger partial charge in [-0.15, -0.1) is 22.7 Å². The van der Waals surface area contributed by atoms with E-state index in [1.165, 1.54) is 39.1 Å². The van der Waals surface area contributed by atoms with Crippen molar-refractivity contribution in [1.82, 2.24) is 14.7 Å². The minimum atomic E-state index is -1.03. The zero-order chi connectivity index (χ0) is 25.2. The number of ether oxygens (including phenoxy) is 1. The molecule has 2 amide bonds. The topological polar surface area (TPSA) is 105 Å². The van der Waals surface area contributed by atoms with Crippen LogP contribution < -0.4 is 10.2 Å². The van der Waals surface area contributed by atoms with E-state index < -0.39 is 17.8 Å². The second-order valence-corrected chi connectivity index (χ2v) is 11.9. The first kappa shape index (κ1) is 25.1. The molecular formula is C24H26N4O4S3. The monoisotopic (exact) mass is 530 g/mol. The van der Waals surface area contributed by atoms with Crippen LogP contribution in [0.25, 0.3) is 21.5 Å². The molecule has 4 aromatic heterocycles. The van der Waals surface area contributed by atoms with Crippen molar-refractivity contribution in [2.75, 3.05) is 4.90 Å². The average molecular weight is 531 g/mol. The van der Waals surface area contributed by atoms with E-state index in [1.807, 2.05) is 63.4 Å². The summed E-state index contributed by atoms with van der Waals surface area (Å²) in [7, 11) is 0. The number of nitrogens with zero attached hydrogens (tertiary/aromatic N) is 3. The molecule has 0 aliphatic carbocycles. The predicted octanol–water partition coefficient (Wildman–Crippen LogP) is 6.62. The number of carbonyl (C=O) groups excluding carboxylic acids is 1. The highest BCUT2D eigenvalue weighted by molar-refractivity contribution is 7.25. The van der Waals surface area contributed by atoms with Crippen LogP contribution in [-0.2, 0) is 17.7 Å². The maximum atomic E-state index is 12.3. The molecule has 8 nitrogen and oxygen atoms in total. The molecule has 2 N–H and O–H groups in total. The molecule has 0 bridgehead atoms. The van der Waals surface area contributed by atoms with Crippen LogP contribution in [-0.4, -0.2) is 38.3 Å². The number of anilines is 1. The number of pyridine rings is 1. The van der Waals surface area contributed by atoms with Gasteiger partial charge >= 0.3 is 12.2 Å². The fraction of sp³-hybridized carbons (Fsp3) is 0.333. The number of rotatable bonds is 7. The van der Waals surface area contributed by atoms with Crippen LogP contribution in [0.15, 0.2) is 41.9 Å². The van der Waals surface area contributed by atoms with Gasteiger partial charge in [0.2, 0.25) is 0 Å². The first-order valence-corrected chi connectivity index (χ1v) is 13.4. The molecule has 1 unspecified atom stereocenters. The largest absolute Gasteiger partial charge is 0.465 e. The van der Waals surface area contributed by atoms with Crippen LogP contribution in [0, 0.1) is 0 Å². The number of carbonyl (C=O) groups is 2. The van der Waals surface area contributed by atoms with Crippen molar-refractivity contribution in [3.63, 3.8) is 0 Å². The summed E-state index contributed by atoms with van der Waals surface area (Å²) in [4.78, 5) is 32.3. The first-order chi connectivity index (χ1) is 16.6. The molecule has 0 radical (unpaired) electrons. The molecule has 4 rings (SSSR count). The number of hydrogen-bond acceptors (Lipinski definition) is 8. The molecular weight excluding hydrogens is 504 g/mol. The number of alkyl carbamates (subject to hydrolysis) is 1. The Morgan fingerprint density at radius 2 is 2.03 bits per heavy atom. The molecule has 0 aromatic carbocycles. The number of fused-ring (bicyclic) bond motifs is 1. The Bertz CT molecular complexity index is 1310. The maximum Gasteiger partial charge on any atom is 0.412 e. The lowest BCUT2D eigenvalue weighted by atomic mass is 10.1. The Morgan fingerprint density at radius 3 is 2.66 bits per heavy atom. The van der Waals surface area contributed by atoms with Crippen molar-refractivity contribution in [3.8, 4) is 11.3 Å². The van der Waals surface area contributed by atoms with E-state index in [4.69, 9.17) is 4.74 Å². The predicted molar refractivity (Wildman–Crippen MR) is 142 cm³/mol. The van der Waals surface area contributed by atoms with Gasteiger partial charge < -0.3 is 15.2 Å². The number of thiophene rings is 2. The van der Waals surface area contributed by atoms with E-state index in [2.05, 4.69) is 14.7 Å². The summed E-state index contributed by atoms with van der Waals surface area (Å²) in [6, 6.07) is 9.27. The molecule has 4 heterocycles. The smallest absolute Gasteiger partial charge is 0.412 e. The van der Waals surface area contributed by atoms with Crippen molar-refractivity contribution in [2.24, 2.45) is 0 Å². The van der Waals surface area contributed by atoms with Gasteiger partial charge in [-0.05, 0) is 62.8 Å². The van der Waals surface area contributed by atoms with Gasteiger partial charge in [0, 0.05) is 34.0 Å². The lowest BCUT2D eigenvalue weighted by Crippen LogP contribution is -2.38. The van der Waals surface area contributed by atoms with Gasteiger partial charge in [-0.3, -0.25) is 9.88 Å². The quantitative estimate of drug-likeness (QED) is 0.278. The molecule has 35 heavy (non-hydrogen) atoms. The molecule has 184 valence electrons. The Kier molecular flexibility index (Phi) is 7.39. The fourth-order valence-electron chi connectivity index (χ4n) is 3.54. The van der Waals surface area contributed by atoms with Gasteiger partial charge in [0.1, 0.15) is 16.1 Å². The minimum Gasteiger partial charge on any atom is -0.465 e. The third kappa shape index (κ3) is 5.98. The minimum absolute atomic E-state index is 0.219. The highest BCUT2D eigenvalue weighted by Crippen LogP contribution is 2.45. The molecule has 0 saturated heterocycles. The van der Waals surface area contributed by atoms with E-state index in [9.17, 15) is 14.7 Å². The van der Waals surface area contributed by atoms with E-state index in [1.54, 1.807) is 6.20 Å². The molecule has 0 aliphatic rings. The lowest BCUT2D eigenvalue weighted by Gasteiger charge is -2.22. The highest BCUT2D eigenvalue weighted by Gasteiger charge is 2.27. The summed E-state index contributed by atoms with van der Waals surface area (Å²) in [5.41, 5.74) is 1.77. The second kappa shape index (κ2) is 10.3. The number of carboxylic acid groups (broad SMARTS) is 1. The van der Waals surface area contributed by atoms with Gasteiger partial charge in [0.25, 0.3) is 0 Å². The molecule has 11 heteroatoms. The van der Waals surface area contributed by atoms with Crippen molar-refractivity contribution in [1.29, 1.82) is 0 Å². The highest BCUT2D eigenvalue weighted by atomic mass is 32.1. The van der Waals surface area contributed by atoms with Gasteiger partial charge in [0.05, 0.1) is 16.9 Å². The van der Waals surface area contributed by atoms with Crippen molar-refractivity contribution in [2.45, 2.75) is 52.3 Å². The fourth-order valence-corrected chi connectivity index (χ4v) is 6.64. The summed E-state index contributed by atoms with van der Waals surface area (Å²) in [6.07, 6.45) is 0.736. The second-order valence-electron chi connectivity index (χ2n) is 8.98. The normalized spacial score (nSPS) is 12.5. The summed E-state index contributed by atoms with van der Waals surface area (Å²) >= 11 is 4.18. The molecule has 1 atom stereocenters. The molecule has 0 saturated carbocycles. The summed E-state index contributed by atoms with van der Waals surface area (Å²) in [5, 5.41) is 15.4. The van der Waals surface area contributed by atoms with E-state index in [0.29, 0.717) is 11.4 Å². The first-order valence-electron chi connectivity index (χ1n) is 11.0. The molecule has 4 aromatic rings. The standard InChI is InChI=1S/C24H26N4O4S3/c1-14(26-22(29)32-24(2,3)4)12-17-18(16-9-5-6-10-25-16)19-20(34-17)21(35-27-19)28(23(30)31)13-15-8-7-11-33-15/h5-11,14H,12-13H2,1-4H3,(H,26,29)(H,30,31). The molecule has 0 aliphatic heterocycles. The summed E-state index contributed by atoms with van der Waals surface area (Å²) in [6.45, 7) is 7.63. The van der Waals surface area contributed by atoms with E-state index in [-0.39, 0.29) is 12.6 Å². The third-order valence-corrected chi connectivity index (χ3v) is 7.99. The number of aromatic nitrogens is 2. The zero-order valence-corrected chi connectivity index (χ0v) is 22.2. The van der Waals surface area contributed by atoms with E-state index >= 15 is 0 Å². The van der Waals surface area contributed by atoms with E-state index in [0.717, 1.165) is 31.2 Å². The van der Waals surface area contributed by atoms with Crippen LogP contribution in [0.1, 0.15) is 37.4 Å². The van der Waals surface area contributed by atoms with Crippen LogP contribution in [0.3, 0.4) is 0 Å². The Hall–Kier alpha value is -3.02. The Morgan fingerprint density at radius 1 is 1.23 bits per heavy atom. The molecule has 0 fully saturated rings. The summed E-state index contributed by atoms with van der Waals surface area (Å²) < 4.78 is 10.9. The number of amides is 2. The Labute approximate surface area is 215 Å². The van der Waals surface area contributed by atoms with Gasteiger partial charge in [-0.1, -0.05) is 12.1 Å². The van der Waals surface area contributed by atoms with Gasteiger partial charge in [-0.25, -0.2) is 9.59 Å². The van der Waals surface area contributed by atoms with Crippen LogP contribution >= 0.6 is 34.2 Å². The van der Waals surface area contributed by atoms with Crippen LogP contribution in [0.4, 0.5) is 14.6 Å². The zero-order valence-electron chi connectivity index (χ0n) is 19.8. The molecule has 0 spiro atoms. The van der Waals surface area contributed by atoms with Crippen LogP contribution in [0.5, 0.6) is 0 Å².